The summed E-state index contributed by atoms with van der Waals surface area (Å²) in [7, 11) is 0. The number of rotatable bonds is 1. The summed E-state index contributed by atoms with van der Waals surface area (Å²) >= 11 is 0. The van der Waals surface area contributed by atoms with E-state index in [-0.39, 0.29) is 16.9 Å². The normalized spacial score (nSPS) is 55.7. The zero-order valence-corrected chi connectivity index (χ0v) is 15.4. The highest BCUT2D eigenvalue weighted by atomic mass is 16.1. The molecule has 4 rings (SSSR count). The Morgan fingerprint density at radius 3 is 2.35 bits per heavy atom. The highest BCUT2D eigenvalue weighted by Crippen LogP contribution is 2.68. The molecule has 0 aliphatic heterocycles. The molecule has 2 heteroatoms. The van der Waals surface area contributed by atoms with Crippen molar-refractivity contribution in [1.82, 2.24) is 0 Å². The molecule has 2 N–H and O–H groups in total. The van der Waals surface area contributed by atoms with Crippen molar-refractivity contribution in [2.45, 2.75) is 90.5 Å². The number of hydrogen-bond donors (Lipinski definition) is 1. The van der Waals surface area contributed by atoms with Crippen molar-refractivity contribution in [2.24, 2.45) is 40.2 Å². The Morgan fingerprint density at radius 2 is 1.61 bits per heavy atom. The van der Waals surface area contributed by atoms with E-state index in [1.165, 1.54) is 57.8 Å². The Morgan fingerprint density at radius 1 is 0.870 bits per heavy atom. The summed E-state index contributed by atoms with van der Waals surface area (Å²) in [5, 5.41) is 0. The lowest BCUT2D eigenvalue weighted by molar-refractivity contribution is -0.138. The lowest BCUT2D eigenvalue weighted by Crippen LogP contribution is -2.67. The number of fused-ring (bicyclic) bond motifs is 5. The largest absolute Gasteiger partial charge is 0.325 e. The summed E-state index contributed by atoms with van der Waals surface area (Å²) in [5.74, 6) is 2.85. The molecule has 4 fully saturated rings. The molecule has 130 valence electrons. The van der Waals surface area contributed by atoms with Gasteiger partial charge in [-0.05, 0) is 86.9 Å². The van der Waals surface area contributed by atoms with Crippen LogP contribution in [0.15, 0.2) is 0 Å². The second kappa shape index (κ2) is 5.07. The van der Waals surface area contributed by atoms with E-state index in [1.807, 2.05) is 6.92 Å². The minimum Gasteiger partial charge on any atom is -0.325 e. The topological polar surface area (TPSA) is 43.1 Å². The molecular weight excluding hydrogens is 282 g/mol. The van der Waals surface area contributed by atoms with Crippen molar-refractivity contribution in [3.05, 3.63) is 0 Å². The molecule has 7 unspecified atom stereocenters. The number of nitrogens with two attached hydrogens (primary N) is 1. The van der Waals surface area contributed by atoms with Gasteiger partial charge in [-0.25, -0.2) is 0 Å². The Labute approximate surface area is 142 Å². The molecule has 0 aromatic rings. The molecule has 0 saturated heterocycles. The first-order valence-electron chi connectivity index (χ1n) is 10.1. The standard InChI is InChI=1S/C21H35NO/c1-14(23)16-7-8-17-20(16,3)12-10-18-19(2)11-5-4-6-15(19)9-13-21(17,18)22/h15-18H,4-13,22H2,1-3H3. The fourth-order valence-electron chi connectivity index (χ4n) is 8.18. The molecule has 4 aliphatic carbocycles. The molecule has 7 atom stereocenters. The van der Waals surface area contributed by atoms with Crippen molar-refractivity contribution in [1.29, 1.82) is 0 Å². The first kappa shape index (κ1) is 16.1. The van der Waals surface area contributed by atoms with Gasteiger partial charge in [-0.2, -0.15) is 0 Å². The summed E-state index contributed by atoms with van der Waals surface area (Å²) in [6.45, 7) is 6.78. The van der Waals surface area contributed by atoms with Crippen molar-refractivity contribution < 1.29 is 4.79 Å². The van der Waals surface area contributed by atoms with Crippen LogP contribution in [-0.2, 0) is 4.79 Å². The molecule has 0 amide bonds. The van der Waals surface area contributed by atoms with Gasteiger partial charge in [0, 0.05) is 11.5 Å². The van der Waals surface area contributed by atoms with Crippen LogP contribution in [0.1, 0.15) is 85.0 Å². The van der Waals surface area contributed by atoms with Crippen LogP contribution in [0, 0.1) is 34.5 Å². The van der Waals surface area contributed by atoms with Crippen molar-refractivity contribution in [2.75, 3.05) is 0 Å². The van der Waals surface area contributed by atoms with Gasteiger partial charge in [0.25, 0.3) is 0 Å². The third kappa shape index (κ3) is 2.00. The number of hydrogen-bond acceptors (Lipinski definition) is 2. The van der Waals surface area contributed by atoms with Gasteiger partial charge in [-0.3, -0.25) is 4.79 Å². The predicted molar refractivity (Wildman–Crippen MR) is 93.9 cm³/mol. The molecule has 0 heterocycles. The fourth-order valence-corrected chi connectivity index (χ4v) is 8.18. The van der Waals surface area contributed by atoms with Crippen LogP contribution in [0.3, 0.4) is 0 Å². The van der Waals surface area contributed by atoms with Crippen LogP contribution in [0.2, 0.25) is 0 Å². The monoisotopic (exact) mass is 317 g/mol. The average molecular weight is 318 g/mol. The number of carbonyl (C=O) groups is 1. The van der Waals surface area contributed by atoms with Crippen LogP contribution in [0.4, 0.5) is 0 Å². The van der Waals surface area contributed by atoms with Crippen molar-refractivity contribution in [3.63, 3.8) is 0 Å². The lowest BCUT2D eigenvalue weighted by atomic mass is 9.42. The van der Waals surface area contributed by atoms with Gasteiger partial charge < -0.3 is 5.73 Å². The highest BCUT2D eigenvalue weighted by Gasteiger charge is 2.65. The molecule has 4 aliphatic rings. The van der Waals surface area contributed by atoms with Crippen LogP contribution in [0.25, 0.3) is 0 Å². The van der Waals surface area contributed by atoms with Crippen LogP contribution >= 0.6 is 0 Å². The minimum absolute atomic E-state index is 0.000208. The molecule has 2 nitrogen and oxygen atoms in total. The Hall–Kier alpha value is -0.370. The third-order valence-corrected chi connectivity index (χ3v) is 9.27. The Kier molecular flexibility index (Phi) is 3.55. The first-order valence-corrected chi connectivity index (χ1v) is 10.1. The molecule has 0 aromatic carbocycles. The maximum absolute atomic E-state index is 12.2. The van der Waals surface area contributed by atoms with Crippen LogP contribution in [-0.4, -0.2) is 11.3 Å². The molecule has 23 heavy (non-hydrogen) atoms. The summed E-state index contributed by atoms with van der Waals surface area (Å²) in [6.07, 6.45) is 13.0. The first-order chi connectivity index (χ1) is 10.8. The fraction of sp³-hybridized carbons (Fsp3) is 0.952. The van der Waals surface area contributed by atoms with E-state index in [1.54, 1.807) is 0 Å². The maximum atomic E-state index is 12.2. The minimum atomic E-state index is -0.000208. The SMILES string of the molecule is CC(=O)C1CCC2C1(C)CCC1C3(C)CCCCC3CCC12N. The van der Waals surface area contributed by atoms with Crippen LogP contribution in [0.5, 0.6) is 0 Å². The molecule has 4 saturated carbocycles. The number of ketones is 1. The van der Waals surface area contributed by atoms with Gasteiger partial charge in [0.1, 0.15) is 5.78 Å². The van der Waals surface area contributed by atoms with E-state index < -0.39 is 0 Å². The highest BCUT2D eigenvalue weighted by molar-refractivity contribution is 5.79. The summed E-state index contributed by atoms with van der Waals surface area (Å²) in [5.41, 5.74) is 7.93. The van der Waals surface area contributed by atoms with E-state index in [0.29, 0.717) is 23.0 Å². The smallest absolute Gasteiger partial charge is 0.133 e. The van der Waals surface area contributed by atoms with E-state index in [0.717, 1.165) is 12.3 Å². The quantitative estimate of drug-likeness (QED) is 0.761. The molecule has 0 aromatic heterocycles. The molecule has 0 radical (unpaired) electrons. The predicted octanol–water partition coefficient (Wildman–Crippen LogP) is 4.71. The molecular formula is C21H35NO. The average Bonchev–Trinajstić information content (AvgIpc) is 2.85. The van der Waals surface area contributed by atoms with E-state index in [2.05, 4.69) is 13.8 Å². The van der Waals surface area contributed by atoms with E-state index >= 15 is 0 Å². The van der Waals surface area contributed by atoms with Gasteiger partial charge in [-0.1, -0.05) is 26.7 Å². The third-order valence-electron chi connectivity index (χ3n) is 9.27. The van der Waals surface area contributed by atoms with Gasteiger partial charge in [0.15, 0.2) is 0 Å². The summed E-state index contributed by atoms with van der Waals surface area (Å²) < 4.78 is 0. The van der Waals surface area contributed by atoms with Gasteiger partial charge >= 0.3 is 0 Å². The number of carbonyl (C=O) groups excluding carboxylic acids is 1. The maximum Gasteiger partial charge on any atom is 0.133 e. The van der Waals surface area contributed by atoms with Crippen LogP contribution < -0.4 is 5.73 Å². The summed E-state index contributed by atoms with van der Waals surface area (Å²) in [4.78, 5) is 12.2. The lowest BCUT2D eigenvalue weighted by Gasteiger charge is -2.65. The summed E-state index contributed by atoms with van der Waals surface area (Å²) in [6, 6.07) is 0. The Balaban J connectivity index is 1.70. The molecule has 0 spiro atoms. The second-order valence-electron chi connectivity index (χ2n) is 9.99. The zero-order valence-electron chi connectivity index (χ0n) is 15.4. The van der Waals surface area contributed by atoms with E-state index in [9.17, 15) is 4.79 Å². The van der Waals surface area contributed by atoms with Gasteiger partial charge in [-0.15, -0.1) is 0 Å². The number of Topliss-reactive ketones (excluding diaryl/α,β-unsaturated/α-hetero) is 1. The Bertz CT molecular complexity index is 516. The zero-order chi connectivity index (χ0) is 16.5. The second-order valence-corrected chi connectivity index (χ2v) is 9.99. The molecule has 0 bridgehead atoms. The van der Waals surface area contributed by atoms with Crippen molar-refractivity contribution in [3.8, 4) is 0 Å². The van der Waals surface area contributed by atoms with Gasteiger partial charge in [0.05, 0.1) is 0 Å². The van der Waals surface area contributed by atoms with Gasteiger partial charge in [0.2, 0.25) is 0 Å². The van der Waals surface area contributed by atoms with E-state index in [4.69, 9.17) is 5.73 Å². The van der Waals surface area contributed by atoms with Crippen molar-refractivity contribution >= 4 is 5.78 Å².